The fraction of sp³-hybridized carbons (Fsp3) is 0.409. The number of hydrogen-bond donors (Lipinski definition) is 2. The topological polar surface area (TPSA) is 110 Å². The zero-order chi connectivity index (χ0) is 22.9. The molecule has 170 valence electrons. The molecule has 0 radical (unpaired) electrons. The van der Waals surface area contributed by atoms with Gasteiger partial charge in [-0.3, -0.25) is 9.59 Å². The molecule has 2 amide bonds. The lowest BCUT2D eigenvalue weighted by Gasteiger charge is -2.22. The van der Waals surface area contributed by atoms with Gasteiger partial charge in [-0.15, -0.1) is 0 Å². The highest BCUT2D eigenvalue weighted by atomic mass is 32.2. The number of nitrogens with one attached hydrogen (secondary N) is 2. The van der Waals surface area contributed by atoms with Gasteiger partial charge in [0.05, 0.1) is 21.7 Å². The van der Waals surface area contributed by atoms with Gasteiger partial charge in [0, 0.05) is 24.0 Å². The maximum atomic E-state index is 13.0. The second-order valence-corrected chi connectivity index (χ2v) is 11.8. The lowest BCUT2D eigenvalue weighted by atomic mass is 10.0. The smallest absolute Gasteiger partial charge is 0.251 e. The Balaban J connectivity index is 1.48. The first kappa shape index (κ1) is 22.5. The van der Waals surface area contributed by atoms with E-state index in [1.165, 1.54) is 11.3 Å². The summed E-state index contributed by atoms with van der Waals surface area (Å²) in [4.78, 5) is 30.4. The van der Waals surface area contributed by atoms with Crippen molar-refractivity contribution < 1.29 is 18.0 Å². The molecular weight excluding hydrogens is 448 g/mol. The molecule has 2 N–H and O–H groups in total. The van der Waals surface area contributed by atoms with Gasteiger partial charge in [0.2, 0.25) is 5.91 Å². The van der Waals surface area contributed by atoms with Crippen LogP contribution in [0.25, 0.3) is 15.3 Å². The lowest BCUT2D eigenvalue weighted by molar-refractivity contribution is -0.123. The molecule has 32 heavy (non-hydrogen) atoms. The van der Waals surface area contributed by atoms with Gasteiger partial charge in [0.25, 0.3) is 5.91 Å². The molecule has 0 saturated carbocycles. The van der Waals surface area contributed by atoms with Crippen molar-refractivity contribution in [3.8, 4) is 5.13 Å². The Bertz CT molecular complexity index is 1230. The van der Waals surface area contributed by atoms with Crippen molar-refractivity contribution in [3.05, 3.63) is 48.3 Å². The van der Waals surface area contributed by atoms with Gasteiger partial charge >= 0.3 is 0 Å². The number of amides is 2. The Kier molecular flexibility index (Phi) is 6.34. The molecule has 1 saturated heterocycles. The molecule has 0 unspecified atom stereocenters. The maximum Gasteiger partial charge on any atom is 0.251 e. The molecule has 3 aromatic rings. The number of fused-ring (bicyclic) bond motifs is 1. The summed E-state index contributed by atoms with van der Waals surface area (Å²) < 4.78 is 26.2. The van der Waals surface area contributed by atoms with E-state index in [1.807, 2.05) is 42.9 Å². The largest absolute Gasteiger partial charge is 0.351 e. The number of sulfone groups is 1. The minimum Gasteiger partial charge on any atom is -0.351 e. The van der Waals surface area contributed by atoms with Crippen LogP contribution >= 0.6 is 11.3 Å². The Morgan fingerprint density at radius 2 is 2.00 bits per heavy atom. The van der Waals surface area contributed by atoms with Crippen LogP contribution in [-0.4, -0.2) is 53.4 Å². The van der Waals surface area contributed by atoms with E-state index in [4.69, 9.17) is 0 Å². The first-order valence-electron chi connectivity index (χ1n) is 10.6. The fourth-order valence-corrected chi connectivity index (χ4v) is 6.43. The Morgan fingerprint density at radius 1 is 1.25 bits per heavy atom. The monoisotopic (exact) mass is 474 g/mol. The number of hydrogen-bond acceptors (Lipinski definition) is 6. The van der Waals surface area contributed by atoms with Crippen LogP contribution in [0.5, 0.6) is 0 Å². The average molecular weight is 475 g/mol. The molecule has 0 spiro atoms. The minimum absolute atomic E-state index is 0.0488. The van der Waals surface area contributed by atoms with E-state index in [0.29, 0.717) is 18.4 Å². The number of thiazole rings is 1. The number of benzene rings is 1. The predicted octanol–water partition coefficient (Wildman–Crippen LogP) is 2.53. The number of aromatic nitrogens is 2. The Labute approximate surface area is 191 Å². The number of carbonyl (C=O) groups excluding carboxylic acids is 2. The van der Waals surface area contributed by atoms with Crippen molar-refractivity contribution in [2.24, 2.45) is 5.92 Å². The summed E-state index contributed by atoms with van der Waals surface area (Å²) in [5.74, 6) is -0.483. The van der Waals surface area contributed by atoms with Gasteiger partial charge in [0.1, 0.15) is 6.04 Å². The van der Waals surface area contributed by atoms with Crippen LogP contribution in [0.4, 0.5) is 0 Å². The van der Waals surface area contributed by atoms with Crippen LogP contribution in [-0.2, 0) is 14.6 Å². The molecule has 1 aliphatic rings. The van der Waals surface area contributed by atoms with Crippen LogP contribution in [0.3, 0.4) is 0 Å². The van der Waals surface area contributed by atoms with Crippen molar-refractivity contribution >= 4 is 43.2 Å². The molecule has 4 rings (SSSR count). The SMILES string of the molecule is CC(C)C[C@@H](NC(=O)c1ccc2nc(-n3cccc3)sc2c1)C(=O)N[C@@H]1CCS(=O)(=O)C1. The molecule has 0 bridgehead atoms. The minimum atomic E-state index is -3.10. The third-order valence-corrected chi connectivity index (χ3v) is 8.17. The summed E-state index contributed by atoms with van der Waals surface area (Å²) in [7, 11) is -3.10. The Morgan fingerprint density at radius 3 is 2.66 bits per heavy atom. The molecule has 3 heterocycles. The van der Waals surface area contributed by atoms with E-state index in [0.717, 1.165) is 15.3 Å². The van der Waals surface area contributed by atoms with Crippen molar-refractivity contribution in [1.82, 2.24) is 20.2 Å². The summed E-state index contributed by atoms with van der Waals surface area (Å²) in [5.41, 5.74) is 1.25. The van der Waals surface area contributed by atoms with Gasteiger partial charge in [-0.2, -0.15) is 0 Å². The molecule has 2 atom stereocenters. The van der Waals surface area contributed by atoms with Gasteiger partial charge < -0.3 is 15.2 Å². The van der Waals surface area contributed by atoms with E-state index in [1.54, 1.807) is 18.2 Å². The van der Waals surface area contributed by atoms with Crippen LogP contribution in [0.2, 0.25) is 0 Å². The zero-order valence-electron chi connectivity index (χ0n) is 17.9. The second-order valence-electron chi connectivity index (χ2n) is 8.53. The molecule has 2 aromatic heterocycles. The standard InChI is InChI=1S/C22H26N4O4S2/c1-14(2)11-18(21(28)23-16-7-10-32(29,30)13-16)24-20(27)15-5-6-17-19(12-15)31-22(25-17)26-8-3-4-9-26/h3-6,8-9,12,14,16,18H,7,10-11,13H2,1-2H3,(H,23,28)(H,24,27)/t16-,18-/m1/s1. The van der Waals surface area contributed by atoms with Crippen molar-refractivity contribution in [1.29, 1.82) is 0 Å². The van der Waals surface area contributed by atoms with Gasteiger partial charge in [-0.1, -0.05) is 25.2 Å². The fourth-order valence-electron chi connectivity index (χ4n) is 3.78. The Hall–Kier alpha value is -2.72. The van der Waals surface area contributed by atoms with Crippen LogP contribution < -0.4 is 10.6 Å². The van der Waals surface area contributed by atoms with Crippen LogP contribution in [0.1, 0.15) is 37.0 Å². The van der Waals surface area contributed by atoms with Crippen molar-refractivity contribution in [2.75, 3.05) is 11.5 Å². The molecular formula is C22H26N4O4S2. The van der Waals surface area contributed by atoms with Crippen LogP contribution in [0.15, 0.2) is 42.7 Å². The number of rotatable bonds is 7. The highest BCUT2D eigenvalue weighted by molar-refractivity contribution is 7.91. The van der Waals surface area contributed by atoms with Gasteiger partial charge in [-0.25, -0.2) is 13.4 Å². The quantitative estimate of drug-likeness (QED) is 0.547. The maximum absolute atomic E-state index is 13.0. The first-order valence-corrected chi connectivity index (χ1v) is 13.2. The van der Waals surface area contributed by atoms with E-state index >= 15 is 0 Å². The van der Waals surface area contributed by atoms with Crippen molar-refractivity contribution in [2.45, 2.75) is 38.8 Å². The third kappa shape index (κ3) is 5.18. The molecule has 10 heteroatoms. The predicted molar refractivity (Wildman–Crippen MR) is 125 cm³/mol. The number of nitrogens with zero attached hydrogens (tertiary/aromatic N) is 2. The third-order valence-electron chi connectivity index (χ3n) is 5.37. The van der Waals surface area contributed by atoms with E-state index in [9.17, 15) is 18.0 Å². The molecule has 8 nitrogen and oxygen atoms in total. The summed E-state index contributed by atoms with van der Waals surface area (Å²) in [6.07, 6.45) is 4.69. The zero-order valence-corrected chi connectivity index (χ0v) is 19.6. The van der Waals surface area contributed by atoms with Crippen LogP contribution in [0, 0.1) is 5.92 Å². The summed E-state index contributed by atoms with van der Waals surface area (Å²) in [6, 6.07) is 7.98. The van der Waals surface area contributed by atoms with E-state index in [-0.39, 0.29) is 29.2 Å². The molecule has 1 fully saturated rings. The molecule has 0 aliphatic carbocycles. The number of carbonyl (C=O) groups is 2. The molecule has 1 aromatic carbocycles. The highest BCUT2D eigenvalue weighted by Crippen LogP contribution is 2.26. The second kappa shape index (κ2) is 9.03. The van der Waals surface area contributed by atoms with E-state index < -0.39 is 21.9 Å². The van der Waals surface area contributed by atoms with E-state index in [2.05, 4.69) is 15.6 Å². The average Bonchev–Trinajstić information content (AvgIpc) is 3.45. The van der Waals surface area contributed by atoms with Crippen molar-refractivity contribution in [3.63, 3.8) is 0 Å². The van der Waals surface area contributed by atoms with Gasteiger partial charge in [0.15, 0.2) is 15.0 Å². The summed E-state index contributed by atoms with van der Waals surface area (Å²) >= 11 is 1.48. The molecule has 1 aliphatic heterocycles. The van der Waals surface area contributed by atoms with Gasteiger partial charge in [-0.05, 0) is 49.1 Å². The highest BCUT2D eigenvalue weighted by Gasteiger charge is 2.31. The summed E-state index contributed by atoms with van der Waals surface area (Å²) in [5, 5.41) is 6.45. The first-order chi connectivity index (χ1) is 15.2. The normalized spacial score (nSPS) is 18.7. The lowest BCUT2D eigenvalue weighted by Crippen LogP contribution is -2.50. The summed E-state index contributed by atoms with van der Waals surface area (Å²) in [6.45, 7) is 3.94.